The van der Waals surface area contributed by atoms with Crippen LogP contribution in [0.2, 0.25) is 0 Å². The first kappa shape index (κ1) is 8.80. The second-order valence-electron chi connectivity index (χ2n) is 2.22. The molecule has 0 fully saturated rings. The second kappa shape index (κ2) is 3.92. The molecule has 12 heavy (non-hydrogen) atoms. The van der Waals surface area contributed by atoms with Crippen LogP contribution in [0.5, 0.6) is 5.75 Å². The zero-order chi connectivity index (χ0) is 8.97. The number of hydrogen-bond donors (Lipinski definition) is 2. The summed E-state index contributed by atoms with van der Waals surface area (Å²) in [6, 6.07) is 4.30. The minimum absolute atomic E-state index is 0.0223. The molecule has 0 spiro atoms. The molecule has 0 bridgehead atoms. The van der Waals surface area contributed by atoms with E-state index < -0.39 is 5.82 Å². The third kappa shape index (κ3) is 1.85. The largest absolute Gasteiger partial charge is 0.489 e. The fourth-order valence-corrected chi connectivity index (χ4v) is 0.799. The van der Waals surface area contributed by atoms with Crippen LogP contribution in [0.15, 0.2) is 18.2 Å². The molecule has 0 aliphatic carbocycles. The van der Waals surface area contributed by atoms with Gasteiger partial charge in [0.1, 0.15) is 23.9 Å². The molecule has 0 aromatic heterocycles. The van der Waals surface area contributed by atoms with Gasteiger partial charge in [0.2, 0.25) is 0 Å². The number of halogens is 1. The van der Waals surface area contributed by atoms with Crippen LogP contribution in [-0.4, -0.2) is 18.3 Å². The third-order valence-corrected chi connectivity index (χ3v) is 1.36. The molecule has 3 N–H and O–H groups in total. The predicted molar refractivity (Wildman–Crippen MR) is 43.4 cm³/mol. The molecule has 66 valence electrons. The molecule has 0 heterocycles. The summed E-state index contributed by atoms with van der Waals surface area (Å²) in [5.74, 6) is -0.241. The van der Waals surface area contributed by atoms with E-state index in [4.69, 9.17) is 15.6 Å². The van der Waals surface area contributed by atoms with Gasteiger partial charge < -0.3 is 15.6 Å². The number of para-hydroxylation sites is 1. The summed E-state index contributed by atoms with van der Waals surface area (Å²) in [7, 11) is 0. The zero-order valence-electron chi connectivity index (χ0n) is 6.46. The van der Waals surface area contributed by atoms with Gasteiger partial charge in [-0.2, -0.15) is 0 Å². The Kier molecular flexibility index (Phi) is 2.88. The number of benzene rings is 1. The molecule has 1 aromatic rings. The first-order chi connectivity index (χ1) is 5.75. The molecule has 0 radical (unpaired) electrons. The van der Waals surface area contributed by atoms with E-state index in [9.17, 15) is 4.39 Å². The maximum absolute atomic E-state index is 12.7. The lowest BCUT2D eigenvalue weighted by molar-refractivity contribution is 0.201. The van der Waals surface area contributed by atoms with Gasteiger partial charge in [0.15, 0.2) is 0 Å². The van der Waals surface area contributed by atoms with Crippen molar-refractivity contribution in [3.8, 4) is 5.75 Å². The number of hydrogen-bond acceptors (Lipinski definition) is 3. The van der Waals surface area contributed by atoms with Crippen LogP contribution < -0.4 is 10.5 Å². The Morgan fingerprint density at radius 3 is 2.92 bits per heavy atom. The Labute approximate surface area is 69.6 Å². The molecule has 1 rings (SSSR count). The molecule has 0 atom stereocenters. The van der Waals surface area contributed by atoms with Gasteiger partial charge in [0.25, 0.3) is 0 Å². The van der Waals surface area contributed by atoms with Gasteiger partial charge in [-0.15, -0.1) is 0 Å². The van der Waals surface area contributed by atoms with E-state index in [1.54, 1.807) is 6.07 Å². The lowest BCUT2D eigenvalue weighted by Crippen LogP contribution is -2.04. The van der Waals surface area contributed by atoms with Crippen LogP contribution in [0.1, 0.15) is 0 Å². The predicted octanol–water partition coefficient (Wildman–Crippen LogP) is 0.779. The molecule has 0 saturated heterocycles. The van der Waals surface area contributed by atoms with E-state index in [1.165, 1.54) is 12.1 Å². The molecule has 3 nitrogen and oxygen atoms in total. The Hall–Kier alpha value is -1.29. The molecule has 0 amide bonds. The van der Waals surface area contributed by atoms with Crippen LogP contribution in [0, 0.1) is 5.82 Å². The third-order valence-electron chi connectivity index (χ3n) is 1.36. The first-order valence-electron chi connectivity index (χ1n) is 3.53. The van der Waals surface area contributed by atoms with Crippen LogP contribution in [0.25, 0.3) is 0 Å². The van der Waals surface area contributed by atoms with Crippen molar-refractivity contribution in [1.82, 2.24) is 0 Å². The van der Waals surface area contributed by atoms with Crippen molar-refractivity contribution in [3.63, 3.8) is 0 Å². The van der Waals surface area contributed by atoms with Crippen molar-refractivity contribution in [3.05, 3.63) is 24.0 Å². The number of nitrogens with two attached hydrogens (primary N) is 1. The van der Waals surface area contributed by atoms with E-state index in [-0.39, 0.29) is 24.7 Å². The van der Waals surface area contributed by atoms with Crippen molar-refractivity contribution in [2.45, 2.75) is 0 Å². The average molecular weight is 171 g/mol. The minimum Gasteiger partial charge on any atom is -0.489 e. The first-order valence-corrected chi connectivity index (χ1v) is 3.53. The van der Waals surface area contributed by atoms with Crippen molar-refractivity contribution in [2.24, 2.45) is 0 Å². The number of ether oxygens (including phenoxy) is 1. The summed E-state index contributed by atoms with van der Waals surface area (Å²) < 4.78 is 17.7. The monoisotopic (exact) mass is 171 g/mol. The summed E-state index contributed by atoms with van der Waals surface area (Å²) in [5.41, 5.74) is 5.32. The number of aliphatic hydroxyl groups is 1. The summed E-state index contributed by atoms with van der Waals surface area (Å²) in [5, 5.41) is 8.43. The molecule has 0 aliphatic heterocycles. The van der Waals surface area contributed by atoms with Gasteiger partial charge in [-0.05, 0) is 12.1 Å². The number of rotatable bonds is 3. The highest BCUT2D eigenvalue weighted by molar-refractivity contribution is 5.53. The minimum atomic E-state index is -0.509. The molecule has 0 aliphatic rings. The molecule has 1 aromatic carbocycles. The highest BCUT2D eigenvalue weighted by atomic mass is 19.1. The van der Waals surface area contributed by atoms with Crippen LogP contribution in [0.4, 0.5) is 10.1 Å². The van der Waals surface area contributed by atoms with Gasteiger partial charge in [0.05, 0.1) is 6.61 Å². The number of anilines is 1. The Bertz CT molecular complexity index is 265. The molecule has 0 saturated carbocycles. The van der Waals surface area contributed by atoms with E-state index in [0.717, 1.165) is 0 Å². The van der Waals surface area contributed by atoms with Gasteiger partial charge in [-0.3, -0.25) is 0 Å². The fraction of sp³-hybridized carbons (Fsp3) is 0.250. The highest BCUT2D eigenvalue weighted by Crippen LogP contribution is 2.23. The zero-order valence-corrected chi connectivity index (χ0v) is 6.46. The molecular formula is C8H10FNO2. The van der Waals surface area contributed by atoms with Gasteiger partial charge in [0, 0.05) is 0 Å². The number of aliphatic hydroxyl groups excluding tert-OH is 1. The Morgan fingerprint density at radius 1 is 1.50 bits per heavy atom. The molecule has 0 unspecified atom stereocenters. The van der Waals surface area contributed by atoms with Crippen LogP contribution in [0.3, 0.4) is 0 Å². The van der Waals surface area contributed by atoms with Gasteiger partial charge in [-0.1, -0.05) is 6.07 Å². The quantitative estimate of drug-likeness (QED) is 0.661. The standard InChI is InChI=1S/C8H10FNO2/c9-6-2-1-3-7(8(6)10)12-5-4-11/h1-3,11H,4-5,10H2. The molecular weight excluding hydrogens is 161 g/mol. The maximum atomic E-state index is 12.7. The van der Waals surface area contributed by atoms with Crippen molar-refractivity contribution in [1.29, 1.82) is 0 Å². The fourth-order valence-electron chi connectivity index (χ4n) is 0.799. The average Bonchev–Trinajstić information content (AvgIpc) is 2.08. The van der Waals surface area contributed by atoms with Crippen molar-refractivity contribution in [2.75, 3.05) is 18.9 Å². The molecule has 4 heteroatoms. The summed E-state index contributed by atoms with van der Waals surface area (Å²) in [6.07, 6.45) is 0. The lowest BCUT2D eigenvalue weighted by Gasteiger charge is -2.06. The topological polar surface area (TPSA) is 55.5 Å². The summed E-state index contributed by atoms with van der Waals surface area (Å²) in [6.45, 7) is 0.00358. The lowest BCUT2D eigenvalue weighted by atomic mass is 10.3. The SMILES string of the molecule is Nc1c(F)cccc1OCCO. The Morgan fingerprint density at radius 2 is 2.25 bits per heavy atom. The van der Waals surface area contributed by atoms with E-state index >= 15 is 0 Å². The van der Waals surface area contributed by atoms with Crippen molar-refractivity contribution < 1.29 is 14.2 Å². The number of nitrogen functional groups attached to an aromatic ring is 1. The van der Waals surface area contributed by atoms with E-state index in [0.29, 0.717) is 0 Å². The smallest absolute Gasteiger partial charge is 0.149 e. The van der Waals surface area contributed by atoms with E-state index in [2.05, 4.69) is 0 Å². The summed E-state index contributed by atoms with van der Waals surface area (Å²) in [4.78, 5) is 0. The summed E-state index contributed by atoms with van der Waals surface area (Å²) >= 11 is 0. The van der Waals surface area contributed by atoms with Gasteiger partial charge in [-0.25, -0.2) is 4.39 Å². The second-order valence-corrected chi connectivity index (χ2v) is 2.22. The van der Waals surface area contributed by atoms with E-state index in [1.807, 2.05) is 0 Å². The van der Waals surface area contributed by atoms with Gasteiger partial charge >= 0.3 is 0 Å². The highest BCUT2D eigenvalue weighted by Gasteiger charge is 2.03. The van der Waals surface area contributed by atoms with Crippen molar-refractivity contribution >= 4 is 5.69 Å². The van der Waals surface area contributed by atoms with Crippen LogP contribution in [-0.2, 0) is 0 Å². The Balaban J connectivity index is 2.78. The van der Waals surface area contributed by atoms with Crippen LogP contribution >= 0.6 is 0 Å². The maximum Gasteiger partial charge on any atom is 0.149 e. The normalized spacial score (nSPS) is 9.83.